The summed E-state index contributed by atoms with van der Waals surface area (Å²) in [6, 6.07) is 21.7. The van der Waals surface area contributed by atoms with Gasteiger partial charge in [0.1, 0.15) is 24.0 Å². The highest BCUT2D eigenvalue weighted by molar-refractivity contribution is 7.90. The Morgan fingerprint density at radius 3 is 2.44 bits per heavy atom. The summed E-state index contributed by atoms with van der Waals surface area (Å²) >= 11 is 0. The fraction of sp³-hybridized carbons (Fsp3) is 0.259. The summed E-state index contributed by atoms with van der Waals surface area (Å²) < 4.78 is 40.9. The second-order valence-corrected chi connectivity index (χ2v) is 10.8. The lowest BCUT2D eigenvalue weighted by Crippen LogP contribution is -2.42. The smallest absolute Gasteiger partial charge is 0.410 e. The van der Waals surface area contributed by atoms with E-state index in [0.29, 0.717) is 30.1 Å². The molecule has 1 saturated heterocycles. The van der Waals surface area contributed by atoms with Gasteiger partial charge in [0.15, 0.2) is 15.4 Å². The van der Waals surface area contributed by atoms with Crippen molar-refractivity contribution in [2.45, 2.75) is 30.4 Å². The number of aromatic nitrogens is 1. The lowest BCUT2D eigenvalue weighted by atomic mass is 10.1. The summed E-state index contributed by atoms with van der Waals surface area (Å²) in [7, 11) is -3.32. The normalized spacial score (nSPS) is 14.6. The van der Waals surface area contributed by atoms with E-state index >= 15 is 0 Å². The van der Waals surface area contributed by atoms with Crippen molar-refractivity contribution < 1.29 is 27.1 Å². The summed E-state index contributed by atoms with van der Waals surface area (Å²) in [5.41, 5.74) is 2.73. The summed E-state index contributed by atoms with van der Waals surface area (Å²) in [5.74, 6) is 1.13. The van der Waals surface area contributed by atoms with Crippen LogP contribution in [0.3, 0.4) is 0 Å². The van der Waals surface area contributed by atoms with Gasteiger partial charge >= 0.3 is 6.09 Å². The van der Waals surface area contributed by atoms with Gasteiger partial charge in [-0.05, 0) is 48.0 Å². The van der Waals surface area contributed by atoms with Gasteiger partial charge in [-0.25, -0.2) is 18.2 Å². The Morgan fingerprint density at radius 2 is 1.75 bits per heavy atom. The number of hydrogen-bond donors (Lipinski definition) is 0. The average Bonchev–Trinajstić information content (AvgIpc) is 3.32. The first-order chi connectivity index (χ1) is 17.3. The molecule has 1 aliphatic rings. The second-order valence-electron chi connectivity index (χ2n) is 8.79. The van der Waals surface area contributed by atoms with Gasteiger partial charge in [-0.1, -0.05) is 30.3 Å². The van der Waals surface area contributed by atoms with Crippen LogP contribution in [0.25, 0.3) is 22.6 Å². The monoisotopic (exact) mass is 506 g/mol. The van der Waals surface area contributed by atoms with Crippen molar-refractivity contribution in [1.82, 2.24) is 9.88 Å². The van der Waals surface area contributed by atoms with Gasteiger partial charge < -0.3 is 18.8 Å². The molecule has 0 bridgehead atoms. The highest BCUT2D eigenvalue weighted by Gasteiger charge is 2.25. The first-order valence-corrected chi connectivity index (χ1v) is 13.6. The van der Waals surface area contributed by atoms with Gasteiger partial charge in [-0.2, -0.15) is 0 Å². The molecule has 2 heterocycles. The Labute approximate surface area is 209 Å². The molecule has 3 aromatic carbocycles. The van der Waals surface area contributed by atoms with Gasteiger partial charge in [0.05, 0.1) is 4.90 Å². The highest BCUT2D eigenvalue weighted by Crippen LogP contribution is 2.28. The number of benzene rings is 3. The first-order valence-electron chi connectivity index (χ1n) is 11.7. The first kappa shape index (κ1) is 23.9. The number of rotatable bonds is 6. The maximum absolute atomic E-state index is 12.4. The van der Waals surface area contributed by atoms with Gasteiger partial charge in [-0.3, -0.25) is 0 Å². The Balaban J connectivity index is 1.15. The summed E-state index contributed by atoms with van der Waals surface area (Å²) in [6.45, 7) is 1.42. The zero-order chi connectivity index (χ0) is 25.1. The zero-order valence-electron chi connectivity index (χ0n) is 19.8. The third-order valence-electron chi connectivity index (χ3n) is 6.10. The molecule has 1 aromatic heterocycles. The molecule has 0 saturated carbocycles. The molecule has 9 heteroatoms. The molecule has 0 atom stereocenters. The number of likely N-dealkylation sites (tertiary alicyclic amines) is 1. The molecule has 1 amide bonds. The minimum absolute atomic E-state index is 0.00719. The van der Waals surface area contributed by atoms with Crippen molar-refractivity contribution >= 4 is 27.0 Å². The van der Waals surface area contributed by atoms with Gasteiger partial charge in [-0.15, -0.1) is 0 Å². The van der Waals surface area contributed by atoms with Crippen LogP contribution >= 0.6 is 0 Å². The van der Waals surface area contributed by atoms with Crippen LogP contribution in [0.15, 0.2) is 82.1 Å². The molecule has 1 aliphatic heterocycles. The Hall–Kier alpha value is -3.85. The minimum atomic E-state index is -3.32. The standard InChI is InChI=1S/C27H26N2O6S/c1-36(31,32)23-11-12-25-24(17-23)28-26(35-25)20-7-9-21(10-8-20)34-22-13-15-29(16-14-22)27(30)33-18-19-5-3-2-4-6-19/h2-12,17,22H,13-16,18H2,1H3. The quantitative estimate of drug-likeness (QED) is 0.360. The molecule has 0 aliphatic carbocycles. The number of fused-ring (bicyclic) bond motifs is 1. The fourth-order valence-corrected chi connectivity index (χ4v) is 4.74. The SMILES string of the molecule is CS(=O)(=O)c1ccc2oc(-c3ccc(OC4CCN(C(=O)OCc5ccccc5)CC4)cc3)nc2c1. The van der Waals surface area contributed by atoms with Crippen LogP contribution in [0.2, 0.25) is 0 Å². The maximum Gasteiger partial charge on any atom is 0.410 e. The number of amides is 1. The van der Waals surface area contributed by atoms with E-state index in [-0.39, 0.29) is 23.7 Å². The van der Waals surface area contributed by atoms with Crippen LogP contribution in [0.4, 0.5) is 4.79 Å². The molecule has 186 valence electrons. The van der Waals surface area contributed by atoms with E-state index in [1.807, 2.05) is 54.6 Å². The predicted molar refractivity (Wildman–Crippen MR) is 134 cm³/mol. The maximum atomic E-state index is 12.4. The lowest BCUT2D eigenvalue weighted by Gasteiger charge is -2.31. The number of piperidine rings is 1. The molecule has 0 N–H and O–H groups in total. The van der Waals surface area contributed by atoms with Crippen molar-refractivity contribution in [3.63, 3.8) is 0 Å². The van der Waals surface area contributed by atoms with E-state index in [1.54, 1.807) is 11.0 Å². The van der Waals surface area contributed by atoms with Gasteiger partial charge in [0.25, 0.3) is 0 Å². The third-order valence-corrected chi connectivity index (χ3v) is 7.21. The number of carbonyl (C=O) groups is 1. The van der Waals surface area contributed by atoms with Crippen molar-refractivity contribution in [3.05, 3.63) is 78.4 Å². The Bertz CT molecular complexity index is 1460. The largest absolute Gasteiger partial charge is 0.490 e. The lowest BCUT2D eigenvalue weighted by molar-refractivity contribution is 0.0638. The molecule has 4 aromatic rings. The third kappa shape index (κ3) is 5.52. The number of ether oxygens (including phenoxy) is 2. The fourth-order valence-electron chi connectivity index (χ4n) is 4.10. The van der Waals surface area contributed by atoms with Crippen LogP contribution in [-0.4, -0.2) is 49.8 Å². The van der Waals surface area contributed by atoms with Gasteiger partial charge in [0.2, 0.25) is 5.89 Å². The van der Waals surface area contributed by atoms with E-state index in [9.17, 15) is 13.2 Å². The number of sulfone groups is 1. The molecule has 8 nitrogen and oxygen atoms in total. The molecular formula is C27H26N2O6S. The predicted octanol–water partition coefficient (Wildman–Crippen LogP) is 5.08. The zero-order valence-corrected chi connectivity index (χ0v) is 20.6. The van der Waals surface area contributed by atoms with Gasteiger partial charge in [0, 0.05) is 37.8 Å². The van der Waals surface area contributed by atoms with Crippen LogP contribution < -0.4 is 4.74 Å². The molecule has 36 heavy (non-hydrogen) atoms. The van der Waals surface area contributed by atoms with E-state index in [0.717, 1.165) is 36.0 Å². The molecule has 1 fully saturated rings. The summed E-state index contributed by atoms with van der Waals surface area (Å²) in [4.78, 5) is 18.7. The van der Waals surface area contributed by atoms with Crippen LogP contribution in [0.5, 0.6) is 5.75 Å². The number of oxazole rings is 1. The minimum Gasteiger partial charge on any atom is -0.490 e. The Morgan fingerprint density at radius 1 is 1.03 bits per heavy atom. The molecule has 0 radical (unpaired) electrons. The number of hydrogen-bond acceptors (Lipinski definition) is 7. The number of carbonyl (C=O) groups excluding carboxylic acids is 1. The van der Waals surface area contributed by atoms with E-state index < -0.39 is 9.84 Å². The summed E-state index contributed by atoms with van der Waals surface area (Å²) in [6.07, 6.45) is 2.30. The van der Waals surface area contributed by atoms with Crippen LogP contribution in [0, 0.1) is 0 Å². The highest BCUT2D eigenvalue weighted by atomic mass is 32.2. The van der Waals surface area contributed by atoms with Crippen molar-refractivity contribution in [2.75, 3.05) is 19.3 Å². The van der Waals surface area contributed by atoms with E-state index in [4.69, 9.17) is 13.9 Å². The molecule has 5 rings (SSSR count). The van der Waals surface area contributed by atoms with E-state index in [1.165, 1.54) is 12.1 Å². The molecule has 0 unspecified atom stereocenters. The average molecular weight is 507 g/mol. The second kappa shape index (κ2) is 10.0. The van der Waals surface area contributed by atoms with Crippen molar-refractivity contribution in [2.24, 2.45) is 0 Å². The summed E-state index contributed by atoms with van der Waals surface area (Å²) in [5, 5.41) is 0. The molecule has 0 spiro atoms. The Kier molecular flexibility index (Phi) is 6.65. The van der Waals surface area contributed by atoms with Crippen LogP contribution in [-0.2, 0) is 21.2 Å². The van der Waals surface area contributed by atoms with Crippen LogP contribution in [0.1, 0.15) is 18.4 Å². The topological polar surface area (TPSA) is 98.9 Å². The van der Waals surface area contributed by atoms with E-state index in [2.05, 4.69) is 4.98 Å². The van der Waals surface area contributed by atoms with Crippen molar-refractivity contribution in [3.8, 4) is 17.2 Å². The molecular weight excluding hydrogens is 480 g/mol. The van der Waals surface area contributed by atoms with Crippen molar-refractivity contribution in [1.29, 1.82) is 0 Å². The number of nitrogens with zero attached hydrogens (tertiary/aromatic N) is 2.